The van der Waals surface area contributed by atoms with E-state index in [1.54, 1.807) is 13.8 Å². The minimum absolute atomic E-state index is 0.233. The van der Waals surface area contributed by atoms with Crippen LogP contribution >= 0.6 is 0 Å². The van der Waals surface area contributed by atoms with E-state index >= 15 is 0 Å². The Balaban J connectivity index is 2.73. The van der Waals surface area contributed by atoms with Crippen molar-refractivity contribution in [2.75, 3.05) is 13.7 Å². The summed E-state index contributed by atoms with van der Waals surface area (Å²) < 4.78 is 4.98. The third-order valence-corrected chi connectivity index (χ3v) is 3.01. The summed E-state index contributed by atoms with van der Waals surface area (Å²) in [6.45, 7) is 3.66. The lowest BCUT2D eigenvalue weighted by Gasteiger charge is -2.25. The molecule has 1 aromatic rings. The molecule has 0 radical (unpaired) electrons. The van der Waals surface area contributed by atoms with E-state index < -0.39 is 17.4 Å². The molecule has 5 nitrogen and oxygen atoms in total. The van der Waals surface area contributed by atoms with Crippen LogP contribution in [-0.2, 0) is 20.7 Å². The highest BCUT2D eigenvalue weighted by molar-refractivity contribution is 5.87. The molecule has 0 spiro atoms. The van der Waals surface area contributed by atoms with Crippen LogP contribution in [0, 0.1) is 5.41 Å². The van der Waals surface area contributed by atoms with Gasteiger partial charge in [-0.15, -0.1) is 0 Å². The van der Waals surface area contributed by atoms with Crippen molar-refractivity contribution < 1.29 is 19.4 Å². The molecule has 0 fully saturated rings. The summed E-state index contributed by atoms with van der Waals surface area (Å²) in [5, 5.41) is 11.8. The van der Waals surface area contributed by atoms with E-state index in [0.717, 1.165) is 5.56 Å². The van der Waals surface area contributed by atoms with Crippen LogP contribution in [0.4, 0.5) is 0 Å². The fourth-order valence-corrected chi connectivity index (χ4v) is 1.83. The number of hydrogen-bond acceptors (Lipinski definition) is 3. The molecular formula is C15H21NO4. The molecule has 1 rings (SSSR count). The Morgan fingerprint density at radius 1 is 1.30 bits per heavy atom. The SMILES string of the molecule is COCC(C)(C)C(=O)N[C@H](Cc1ccccc1)C(=O)O. The number of carboxylic acid groups (broad SMARTS) is 1. The Morgan fingerprint density at radius 3 is 2.40 bits per heavy atom. The second-order valence-corrected chi connectivity index (χ2v) is 5.37. The fraction of sp³-hybridized carbons (Fsp3) is 0.467. The molecule has 5 heteroatoms. The van der Waals surface area contributed by atoms with Crippen LogP contribution in [0.25, 0.3) is 0 Å². The van der Waals surface area contributed by atoms with Crippen LogP contribution in [-0.4, -0.2) is 36.7 Å². The Kier molecular flexibility index (Phi) is 5.70. The van der Waals surface area contributed by atoms with E-state index in [2.05, 4.69) is 5.32 Å². The number of carbonyl (C=O) groups is 2. The van der Waals surface area contributed by atoms with E-state index in [1.165, 1.54) is 7.11 Å². The van der Waals surface area contributed by atoms with Gasteiger partial charge in [0.05, 0.1) is 12.0 Å². The van der Waals surface area contributed by atoms with Crippen molar-refractivity contribution in [3.63, 3.8) is 0 Å². The molecule has 2 N–H and O–H groups in total. The van der Waals surface area contributed by atoms with Gasteiger partial charge in [0.25, 0.3) is 0 Å². The summed E-state index contributed by atoms with van der Waals surface area (Å²) in [4.78, 5) is 23.4. The maximum atomic E-state index is 12.1. The Labute approximate surface area is 118 Å². The Hall–Kier alpha value is -1.88. The molecule has 0 aliphatic rings. The quantitative estimate of drug-likeness (QED) is 0.792. The zero-order valence-corrected chi connectivity index (χ0v) is 12.1. The lowest BCUT2D eigenvalue weighted by molar-refractivity contribution is -0.144. The van der Waals surface area contributed by atoms with Gasteiger partial charge < -0.3 is 15.2 Å². The van der Waals surface area contributed by atoms with Crippen LogP contribution < -0.4 is 5.32 Å². The van der Waals surface area contributed by atoms with Crippen molar-refractivity contribution in [1.82, 2.24) is 5.32 Å². The second kappa shape index (κ2) is 7.05. The average Bonchev–Trinajstić information content (AvgIpc) is 2.38. The fourth-order valence-electron chi connectivity index (χ4n) is 1.83. The average molecular weight is 279 g/mol. The number of carbonyl (C=O) groups excluding carboxylic acids is 1. The largest absolute Gasteiger partial charge is 0.480 e. The van der Waals surface area contributed by atoms with Crippen molar-refractivity contribution in [2.24, 2.45) is 5.41 Å². The van der Waals surface area contributed by atoms with Gasteiger partial charge in [0.1, 0.15) is 6.04 Å². The van der Waals surface area contributed by atoms with Gasteiger partial charge in [-0.25, -0.2) is 4.79 Å². The van der Waals surface area contributed by atoms with E-state index in [1.807, 2.05) is 30.3 Å². The van der Waals surface area contributed by atoms with Crippen LogP contribution in [0.2, 0.25) is 0 Å². The highest BCUT2D eigenvalue weighted by atomic mass is 16.5. The first-order valence-corrected chi connectivity index (χ1v) is 6.43. The van der Waals surface area contributed by atoms with E-state index in [4.69, 9.17) is 4.74 Å². The minimum Gasteiger partial charge on any atom is -0.480 e. The zero-order valence-electron chi connectivity index (χ0n) is 12.1. The summed E-state index contributed by atoms with van der Waals surface area (Å²) >= 11 is 0. The molecule has 1 amide bonds. The minimum atomic E-state index is -1.05. The van der Waals surface area contributed by atoms with Crippen LogP contribution in [0.3, 0.4) is 0 Å². The molecule has 110 valence electrons. The number of carboxylic acids is 1. The third kappa shape index (κ3) is 4.66. The van der Waals surface area contributed by atoms with Gasteiger partial charge in [0, 0.05) is 13.5 Å². The molecule has 0 bridgehead atoms. The van der Waals surface area contributed by atoms with Gasteiger partial charge in [-0.2, -0.15) is 0 Å². The standard InChI is InChI=1S/C15H21NO4/c1-15(2,10-20-3)14(19)16-12(13(17)18)9-11-7-5-4-6-8-11/h4-8,12H,9-10H2,1-3H3,(H,16,19)(H,17,18)/t12-/m1/s1. The molecule has 1 aromatic carbocycles. The van der Waals surface area contributed by atoms with Crippen LogP contribution in [0.15, 0.2) is 30.3 Å². The molecule has 20 heavy (non-hydrogen) atoms. The van der Waals surface area contributed by atoms with Gasteiger partial charge in [-0.05, 0) is 19.4 Å². The van der Waals surface area contributed by atoms with Gasteiger partial charge in [0.2, 0.25) is 5.91 Å². The molecule has 0 saturated heterocycles. The van der Waals surface area contributed by atoms with Crippen molar-refractivity contribution in [1.29, 1.82) is 0 Å². The lowest BCUT2D eigenvalue weighted by atomic mass is 9.92. The number of nitrogens with one attached hydrogen (secondary N) is 1. The molecule has 0 aliphatic carbocycles. The number of methoxy groups -OCH3 is 1. The number of benzene rings is 1. The molecule has 0 aliphatic heterocycles. The topological polar surface area (TPSA) is 75.6 Å². The maximum Gasteiger partial charge on any atom is 0.326 e. The van der Waals surface area contributed by atoms with Crippen LogP contribution in [0.5, 0.6) is 0 Å². The predicted octanol–water partition coefficient (Wildman–Crippen LogP) is 1.47. The first-order chi connectivity index (χ1) is 9.36. The molecule has 0 saturated carbocycles. The highest BCUT2D eigenvalue weighted by Crippen LogP contribution is 2.16. The van der Waals surface area contributed by atoms with Gasteiger partial charge >= 0.3 is 5.97 Å². The van der Waals surface area contributed by atoms with Crippen molar-refractivity contribution in [3.05, 3.63) is 35.9 Å². The summed E-state index contributed by atoms with van der Waals surface area (Å²) in [7, 11) is 1.51. The van der Waals surface area contributed by atoms with Gasteiger partial charge in [-0.3, -0.25) is 4.79 Å². The summed E-state index contributed by atoms with van der Waals surface area (Å²) in [6, 6.07) is 8.27. The zero-order chi connectivity index (χ0) is 15.2. The first kappa shape index (κ1) is 16.2. The van der Waals surface area contributed by atoms with E-state index in [0.29, 0.717) is 0 Å². The maximum absolute atomic E-state index is 12.1. The smallest absolute Gasteiger partial charge is 0.326 e. The number of amides is 1. The first-order valence-electron chi connectivity index (χ1n) is 6.43. The highest BCUT2D eigenvalue weighted by Gasteiger charge is 2.31. The number of rotatable bonds is 7. The molecular weight excluding hydrogens is 258 g/mol. The summed E-state index contributed by atoms with van der Waals surface area (Å²) in [5.74, 6) is -1.38. The Morgan fingerprint density at radius 2 is 1.90 bits per heavy atom. The second-order valence-electron chi connectivity index (χ2n) is 5.37. The molecule has 0 heterocycles. The predicted molar refractivity (Wildman–Crippen MR) is 75.4 cm³/mol. The van der Waals surface area contributed by atoms with E-state index in [9.17, 15) is 14.7 Å². The third-order valence-electron chi connectivity index (χ3n) is 3.01. The lowest BCUT2D eigenvalue weighted by Crippen LogP contribution is -2.48. The monoisotopic (exact) mass is 279 g/mol. The number of hydrogen-bond donors (Lipinski definition) is 2. The normalized spacial score (nSPS) is 12.8. The van der Waals surface area contributed by atoms with Gasteiger partial charge in [-0.1, -0.05) is 30.3 Å². The van der Waals surface area contributed by atoms with Crippen molar-refractivity contribution >= 4 is 11.9 Å². The van der Waals surface area contributed by atoms with Crippen LogP contribution in [0.1, 0.15) is 19.4 Å². The summed E-state index contributed by atoms with van der Waals surface area (Å²) in [5.41, 5.74) is 0.101. The Bertz CT molecular complexity index is 456. The number of aliphatic carboxylic acids is 1. The molecule has 1 atom stereocenters. The molecule has 0 aromatic heterocycles. The molecule has 0 unspecified atom stereocenters. The number of ether oxygens (including phenoxy) is 1. The van der Waals surface area contributed by atoms with E-state index in [-0.39, 0.29) is 18.9 Å². The van der Waals surface area contributed by atoms with Crippen molar-refractivity contribution in [3.8, 4) is 0 Å². The van der Waals surface area contributed by atoms with Crippen molar-refractivity contribution in [2.45, 2.75) is 26.3 Å². The van der Waals surface area contributed by atoms with Gasteiger partial charge in [0.15, 0.2) is 0 Å². The summed E-state index contributed by atoms with van der Waals surface area (Å²) in [6.07, 6.45) is 0.255.